The molecule has 1 heterocycles. The number of nitrogens with zero attached hydrogens (tertiary/aromatic N) is 3. The summed E-state index contributed by atoms with van der Waals surface area (Å²) in [5.41, 5.74) is 5.34. The molecule has 1 fully saturated rings. The topological polar surface area (TPSA) is 122 Å². The fourth-order valence-electron chi connectivity index (χ4n) is 1.97. The van der Waals surface area contributed by atoms with E-state index in [0.29, 0.717) is 0 Å². The number of carbonyl (C=O) groups is 1. The van der Waals surface area contributed by atoms with Crippen LogP contribution in [0.3, 0.4) is 0 Å². The van der Waals surface area contributed by atoms with Crippen LogP contribution in [0.5, 0.6) is 0 Å². The predicted molar refractivity (Wildman–Crippen MR) is 73.8 cm³/mol. The third-order valence-corrected chi connectivity index (χ3v) is 3.37. The van der Waals surface area contributed by atoms with Gasteiger partial charge in [-0.25, -0.2) is 0 Å². The third-order valence-electron chi connectivity index (χ3n) is 3.05. The summed E-state index contributed by atoms with van der Waals surface area (Å²) >= 11 is 5.82. The van der Waals surface area contributed by atoms with Crippen molar-refractivity contribution in [3.05, 3.63) is 32.8 Å². The van der Waals surface area contributed by atoms with Crippen molar-refractivity contribution in [1.29, 1.82) is 5.26 Å². The quantitative estimate of drug-likeness (QED) is 0.497. The van der Waals surface area contributed by atoms with Crippen LogP contribution in [0.15, 0.2) is 12.1 Å². The van der Waals surface area contributed by atoms with Crippen LogP contribution in [0.1, 0.15) is 10.4 Å². The molecule has 0 aromatic heterocycles. The van der Waals surface area contributed by atoms with Gasteiger partial charge in [0, 0.05) is 18.7 Å². The second-order valence-corrected chi connectivity index (χ2v) is 4.79. The van der Waals surface area contributed by atoms with Gasteiger partial charge in [0.15, 0.2) is 6.10 Å². The lowest BCUT2D eigenvalue weighted by molar-refractivity contribution is -0.384. The molecule has 1 aliphatic heterocycles. The maximum Gasteiger partial charge on any atom is 0.271 e. The number of carbonyl (C=O) groups excluding carboxylic acids is 1. The molecule has 21 heavy (non-hydrogen) atoms. The van der Waals surface area contributed by atoms with Gasteiger partial charge < -0.3 is 15.4 Å². The van der Waals surface area contributed by atoms with Crippen LogP contribution in [-0.2, 0) is 4.74 Å². The van der Waals surface area contributed by atoms with E-state index in [1.165, 1.54) is 4.90 Å². The lowest BCUT2D eigenvalue weighted by Crippen LogP contribution is -2.45. The van der Waals surface area contributed by atoms with Crippen LogP contribution in [0.2, 0.25) is 5.02 Å². The Balaban J connectivity index is 2.34. The van der Waals surface area contributed by atoms with Gasteiger partial charge in [-0.1, -0.05) is 11.6 Å². The molecular formula is C12H11ClN4O4. The molecule has 9 heteroatoms. The van der Waals surface area contributed by atoms with Crippen molar-refractivity contribution in [1.82, 2.24) is 4.90 Å². The normalized spacial score (nSPS) is 18.1. The molecule has 1 unspecified atom stereocenters. The Hall–Kier alpha value is -2.37. The molecule has 1 aliphatic rings. The first-order chi connectivity index (χ1) is 9.93. The molecule has 1 saturated heterocycles. The van der Waals surface area contributed by atoms with E-state index in [-0.39, 0.29) is 41.7 Å². The number of benzene rings is 1. The van der Waals surface area contributed by atoms with Gasteiger partial charge in [-0.2, -0.15) is 5.26 Å². The monoisotopic (exact) mass is 310 g/mol. The van der Waals surface area contributed by atoms with Gasteiger partial charge in [0.25, 0.3) is 11.6 Å². The second kappa shape index (κ2) is 5.95. The van der Waals surface area contributed by atoms with E-state index in [4.69, 9.17) is 27.3 Å². The summed E-state index contributed by atoms with van der Waals surface area (Å²) < 4.78 is 5.14. The first-order valence-electron chi connectivity index (χ1n) is 5.98. The highest BCUT2D eigenvalue weighted by Gasteiger charge is 2.28. The fraction of sp³-hybridized carbons (Fsp3) is 0.333. The van der Waals surface area contributed by atoms with Crippen LogP contribution >= 0.6 is 11.6 Å². The molecule has 0 spiro atoms. The Bertz CT molecular complexity index is 643. The molecule has 1 aromatic carbocycles. The number of morpholine rings is 1. The summed E-state index contributed by atoms with van der Waals surface area (Å²) in [6, 6.07) is 4.09. The number of nitro benzene ring substituents is 1. The number of ether oxygens (including phenoxy) is 1. The average Bonchev–Trinajstić information content (AvgIpc) is 2.49. The van der Waals surface area contributed by atoms with Crippen molar-refractivity contribution in [2.45, 2.75) is 6.10 Å². The van der Waals surface area contributed by atoms with Crippen LogP contribution < -0.4 is 5.73 Å². The molecule has 0 radical (unpaired) electrons. The first kappa shape index (κ1) is 15.0. The summed E-state index contributed by atoms with van der Waals surface area (Å²) in [6.45, 7) is 0.568. The van der Waals surface area contributed by atoms with Gasteiger partial charge in [0.05, 0.1) is 40.4 Å². The molecular weight excluding hydrogens is 300 g/mol. The number of halogens is 1. The van der Waals surface area contributed by atoms with Crippen LogP contribution in [0, 0.1) is 21.4 Å². The first-order valence-corrected chi connectivity index (χ1v) is 6.35. The van der Waals surface area contributed by atoms with E-state index in [1.54, 1.807) is 0 Å². The molecule has 2 rings (SSSR count). The molecule has 0 aliphatic carbocycles. The minimum atomic E-state index is -0.724. The molecule has 1 atom stereocenters. The summed E-state index contributed by atoms with van der Waals surface area (Å²) in [4.78, 5) is 24.0. The molecule has 1 aromatic rings. The van der Waals surface area contributed by atoms with Gasteiger partial charge in [-0.15, -0.1) is 0 Å². The Labute approximate surface area is 124 Å². The summed E-state index contributed by atoms with van der Waals surface area (Å²) in [7, 11) is 0. The third kappa shape index (κ3) is 3.04. The summed E-state index contributed by atoms with van der Waals surface area (Å²) in [5, 5.41) is 19.6. The van der Waals surface area contributed by atoms with E-state index in [9.17, 15) is 14.9 Å². The second-order valence-electron chi connectivity index (χ2n) is 4.39. The number of hydrogen-bond donors (Lipinski definition) is 1. The smallest absolute Gasteiger partial charge is 0.271 e. The van der Waals surface area contributed by atoms with Gasteiger partial charge in [-0.3, -0.25) is 14.9 Å². The zero-order valence-electron chi connectivity index (χ0n) is 10.8. The number of nitro groups is 1. The molecule has 110 valence electrons. The fourth-order valence-corrected chi connectivity index (χ4v) is 2.18. The molecule has 0 saturated carbocycles. The number of non-ortho nitro benzene ring substituents is 1. The van der Waals surface area contributed by atoms with Crippen molar-refractivity contribution in [3.63, 3.8) is 0 Å². The van der Waals surface area contributed by atoms with E-state index in [2.05, 4.69) is 0 Å². The minimum Gasteiger partial charge on any atom is -0.397 e. The van der Waals surface area contributed by atoms with Crippen LogP contribution in [-0.4, -0.2) is 41.5 Å². The highest BCUT2D eigenvalue weighted by molar-refractivity contribution is 6.34. The van der Waals surface area contributed by atoms with Crippen molar-refractivity contribution < 1.29 is 14.5 Å². The van der Waals surface area contributed by atoms with E-state index < -0.39 is 16.9 Å². The van der Waals surface area contributed by atoms with E-state index >= 15 is 0 Å². The number of hydrogen-bond acceptors (Lipinski definition) is 6. The SMILES string of the molecule is N#CC1CN(C(=O)c2cc([N+](=O)[O-])cc(Cl)c2N)CCO1. The zero-order chi connectivity index (χ0) is 15.6. The number of amides is 1. The Morgan fingerprint density at radius 3 is 2.95 bits per heavy atom. The zero-order valence-corrected chi connectivity index (χ0v) is 11.5. The van der Waals surface area contributed by atoms with E-state index in [0.717, 1.165) is 12.1 Å². The van der Waals surface area contributed by atoms with E-state index in [1.807, 2.05) is 6.07 Å². The lowest BCUT2D eigenvalue weighted by atomic mass is 10.1. The maximum atomic E-state index is 12.4. The maximum absolute atomic E-state index is 12.4. The summed E-state index contributed by atoms with van der Waals surface area (Å²) in [6.07, 6.45) is -0.724. The molecule has 2 N–H and O–H groups in total. The average molecular weight is 311 g/mol. The van der Waals surface area contributed by atoms with Crippen molar-refractivity contribution >= 4 is 28.9 Å². The largest absolute Gasteiger partial charge is 0.397 e. The number of nitrogens with two attached hydrogens (primary N) is 1. The van der Waals surface area contributed by atoms with Crippen molar-refractivity contribution in [2.24, 2.45) is 0 Å². The van der Waals surface area contributed by atoms with Crippen LogP contribution in [0.25, 0.3) is 0 Å². The standard InChI is InChI=1S/C12H11ClN4O4/c13-10-4-7(17(19)20)3-9(11(10)15)12(18)16-1-2-21-8(5-14)6-16/h3-4,8H,1-2,6,15H2. The van der Waals surface area contributed by atoms with Gasteiger partial charge >= 0.3 is 0 Å². The number of nitriles is 1. The molecule has 1 amide bonds. The Morgan fingerprint density at radius 1 is 1.62 bits per heavy atom. The number of anilines is 1. The number of nitrogen functional groups attached to an aromatic ring is 1. The van der Waals surface area contributed by atoms with Crippen molar-refractivity contribution in [2.75, 3.05) is 25.4 Å². The highest BCUT2D eigenvalue weighted by Crippen LogP contribution is 2.30. The Kier molecular flexibility index (Phi) is 4.26. The molecule has 8 nitrogen and oxygen atoms in total. The number of rotatable bonds is 2. The van der Waals surface area contributed by atoms with Crippen molar-refractivity contribution in [3.8, 4) is 6.07 Å². The lowest BCUT2D eigenvalue weighted by Gasteiger charge is -2.30. The van der Waals surface area contributed by atoms with Crippen LogP contribution in [0.4, 0.5) is 11.4 Å². The molecule has 0 bridgehead atoms. The summed E-state index contributed by atoms with van der Waals surface area (Å²) in [5.74, 6) is -0.512. The van der Waals surface area contributed by atoms with Gasteiger partial charge in [0.2, 0.25) is 0 Å². The van der Waals surface area contributed by atoms with Gasteiger partial charge in [-0.05, 0) is 0 Å². The predicted octanol–water partition coefficient (Wildman–Crippen LogP) is 1.19. The van der Waals surface area contributed by atoms with Gasteiger partial charge in [0.1, 0.15) is 0 Å². The Morgan fingerprint density at radius 2 is 2.33 bits per heavy atom. The highest BCUT2D eigenvalue weighted by atomic mass is 35.5. The minimum absolute atomic E-state index is 0.0210.